The van der Waals surface area contributed by atoms with Gasteiger partial charge in [-0.1, -0.05) is 31.7 Å². The lowest BCUT2D eigenvalue weighted by Gasteiger charge is -2.27. The predicted molar refractivity (Wildman–Crippen MR) is 94.5 cm³/mol. The van der Waals surface area contributed by atoms with E-state index in [0.717, 1.165) is 37.8 Å². The fourth-order valence-electron chi connectivity index (χ4n) is 3.84. The van der Waals surface area contributed by atoms with E-state index in [1.807, 2.05) is 4.90 Å². The summed E-state index contributed by atoms with van der Waals surface area (Å²) in [6, 6.07) is 4.80. The van der Waals surface area contributed by atoms with E-state index in [-0.39, 0.29) is 30.0 Å². The van der Waals surface area contributed by atoms with E-state index in [2.05, 4.69) is 10.9 Å². The Bertz CT molecular complexity index is 685. The van der Waals surface area contributed by atoms with Crippen molar-refractivity contribution in [3.63, 3.8) is 0 Å². The lowest BCUT2D eigenvalue weighted by atomic mass is 10.1. The number of anilines is 1. The minimum atomic E-state index is -4.45. The van der Waals surface area contributed by atoms with Crippen LogP contribution in [0.5, 0.6) is 0 Å². The lowest BCUT2D eigenvalue weighted by molar-refractivity contribution is -0.137. The van der Waals surface area contributed by atoms with Crippen molar-refractivity contribution >= 4 is 17.5 Å². The normalized spacial score (nSPS) is 21.8. The summed E-state index contributed by atoms with van der Waals surface area (Å²) >= 11 is 0. The molecule has 2 fully saturated rings. The van der Waals surface area contributed by atoms with Crippen LogP contribution in [0.2, 0.25) is 0 Å². The first-order valence-electron chi connectivity index (χ1n) is 9.37. The number of carbonyl (C=O) groups is 2. The number of carbonyl (C=O) groups excluding carboxylic acids is 2. The van der Waals surface area contributed by atoms with Crippen LogP contribution in [0.25, 0.3) is 0 Å². The number of alkyl halides is 3. The Labute approximate surface area is 156 Å². The second-order valence-corrected chi connectivity index (χ2v) is 7.29. The summed E-state index contributed by atoms with van der Waals surface area (Å²) in [5, 5.41) is 0. The van der Waals surface area contributed by atoms with Gasteiger partial charge in [0.05, 0.1) is 17.2 Å². The number of amides is 2. The number of hydrogen-bond donors (Lipinski definition) is 2. The van der Waals surface area contributed by atoms with Crippen LogP contribution in [0, 0.1) is 5.92 Å². The van der Waals surface area contributed by atoms with Gasteiger partial charge in [-0.25, -0.2) is 0 Å². The van der Waals surface area contributed by atoms with Crippen molar-refractivity contribution in [3.05, 3.63) is 29.8 Å². The van der Waals surface area contributed by atoms with Gasteiger partial charge in [0.15, 0.2) is 0 Å². The zero-order valence-corrected chi connectivity index (χ0v) is 15.0. The van der Waals surface area contributed by atoms with Gasteiger partial charge in [-0.15, -0.1) is 0 Å². The smallest absolute Gasteiger partial charge is 0.339 e. The third-order valence-electron chi connectivity index (χ3n) is 5.31. The molecule has 1 aromatic carbocycles. The number of nitrogens with zero attached hydrogens (tertiary/aromatic N) is 1. The van der Waals surface area contributed by atoms with Gasteiger partial charge >= 0.3 is 6.18 Å². The highest BCUT2D eigenvalue weighted by atomic mass is 19.4. The van der Waals surface area contributed by atoms with Crippen LogP contribution in [0.3, 0.4) is 0 Å². The molecular formula is C19H24F3N3O2. The number of benzene rings is 1. The molecule has 27 heavy (non-hydrogen) atoms. The van der Waals surface area contributed by atoms with Crippen molar-refractivity contribution in [2.24, 2.45) is 5.92 Å². The van der Waals surface area contributed by atoms with Crippen LogP contribution < -0.4 is 10.9 Å². The second-order valence-electron chi connectivity index (χ2n) is 7.29. The number of halogens is 3. The van der Waals surface area contributed by atoms with Crippen LogP contribution >= 0.6 is 0 Å². The molecule has 8 heteroatoms. The standard InChI is InChI=1S/C19H24F3N3O2/c20-19(21,22)14-6-5-7-15(11-14)23-24-18(27)13-10-17(26)25(12-13)16-8-3-1-2-4-9-16/h5-7,11,13,16,23H,1-4,8-10,12H2,(H,24,27)/t13-/m0/s1. The molecule has 1 saturated carbocycles. The van der Waals surface area contributed by atoms with Gasteiger partial charge < -0.3 is 4.90 Å². The van der Waals surface area contributed by atoms with Crippen LogP contribution in [-0.4, -0.2) is 29.3 Å². The van der Waals surface area contributed by atoms with E-state index >= 15 is 0 Å². The summed E-state index contributed by atoms with van der Waals surface area (Å²) in [5.74, 6) is -0.878. The first kappa shape index (κ1) is 19.5. The molecule has 2 aliphatic rings. The Hall–Kier alpha value is -2.25. The van der Waals surface area contributed by atoms with E-state index in [4.69, 9.17) is 0 Å². The van der Waals surface area contributed by atoms with E-state index < -0.39 is 17.7 Å². The van der Waals surface area contributed by atoms with Gasteiger partial charge in [-0.2, -0.15) is 13.2 Å². The molecule has 0 spiro atoms. The molecule has 1 heterocycles. The van der Waals surface area contributed by atoms with Crippen molar-refractivity contribution in [2.75, 3.05) is 12.0 Å². The minimum absolute atomic E-state index is 0.0129. The molecule has 5 nitrogen and oxygen atoms in total. The molecule has 1 aliphatic heterocycles. The highest BCUT2D eigenvalue weighted by molar-refractivity contribution is 5.89. The predicted octanol–water partition coefficient (Wildman–Crippen LogP) is 3.72. The summed E-state index contributed by atoms with van der Waals surface area (Å²) in [6.07, 6.45) is 2.22. The summed E-state index contributed by atoms with van der Waals surface area (Å²) < 4.78 is 38.2. The Morgan fingerprint density at radius 1 is 1.11 bits per heavy atom. The van der Waals surface area contributed by atoms with E-state index in [9.17, 15) is 22.8 Å². The number of rotatable bonds is 4. The molecule has 1 atom stereocenters. The Morgan fingerprint density at radius 3 is 2.48 bits per heavy atom. The van der Waals surface area contributed by atoms with Crippen LogP contribution in [0.1, 0.15) is 50.5 Å². The van der Waals surface area contributed by atoms with Crippen molar-refractivity contribution in [3.8, 4) is 0 Å². The fourth-order valence-corrected chi connectivity index (χ4v) is 3.84. The summed E-state index contributed by atoms with van der Waals surface area (Å²) in [7, 11) is 0. The third kappa shape index (κ3) is 4.93. The van der Waals surface area contributed by atoms with Gasteiger partial charge in [0.1, 0.15) is 0 Å². The van der Waals surface area contributed by atoms with Crippen LogP contribution in [-0.2, 0) is 15.8 Å². The summed E-state index contributed by atoms with van der Waals surface area (Å²) in [4.78, 5) is 26.5. The molecule has 0 bridgehead atoms. The molecule has 3 rings (SSSR count). The Morgan fingerprint density at radius 2 is 1.81 bits per heavy atom. The van der Waals surface area contributed by atoms with E-state index in [1.165, 1.54) is 25.0 Å². The van der Waals surface area contributed by atoms with Gasteiger partial charge in [-0.3, -0.25) is 20.4 Å². The quantitative estimate of drug-likeness (QED) is 0.615. The number of hydrogen-bond acceptors (Lipinski definition) is 3. The molecule has 0 radical (unpaired) electrons. The average molecular weight is 383 g/mol. The molecule has 0 aromatic heterocycles. The largest absolute Gasteiger partial charge is 0.416 e. The zero-order chi connectivity index (χ0) is 19.4. The summed E-state index contributed by atoms with van der Waals surface area (Å²) in [6.45, 7) is 0.375. The SMILES string of the molecule is O=C(NNc1cccc(C(F)(F)F)c1)[C@H]1CC(=O)N(C2CCCCCC2)C1. The maximum Gasteiger partial charge on any atom is 0.416 e. The first-order chi connectivity index (χ1) is 12.8. The minimum Gasteiger partial charge on any atom is -0.339 e. The second kappa shape index (κ2) is 8.19. The van der Waals surface area contributed by atoms with Gasteiger partial charge in [0.25, 0.3) is 0 Å². The molecule has 148 valence electrons. The molecular weight excluding hydrogens is 359 g/mol. The zero-order valence-electron chi connectivity index (χ0n) is 15.0. The topological polar surface area (TPSA) is 61.4 Å². The van der Waals surface area contributed by atoms with Crippen LogP contribution in [0.15, 0.2) is 24.3 Å². The lowest BCUT2D eigenvalue weighted by Crippen LogP contribution is -2.39. The van der Waals surface area contributed by atoms with Crippen molar-refractivity contribution in [1.82, 2.24) is 10.3 Å². The molecule has 1 aromatic rings. The maximum absolute atomic E-state index is 12.7. The monoisotopic (exact) mass is 383 g/mol. The average Bonchev–Trinajstić information content (AvgIpc) is 2.84. The number of nitrogens with one attached hydrogen (secondary N) is 2. The van der Waals surface area contributed by atoms with Crippen molar-refractivity contribution in [2.45, 2.75) is 57.2 Å². The number of hydrazine groups is 1. The van der Waals surface area contributed by atoms with Gasteiger partial charge in [-0.05, 0) is 31.0 Å². The third-order valence-corrected chi connectivity index (χ3v) is 5.31. The van der Waals surface area contributed by atoms with Crippen molar-refractivity contribution in [1.29, 1.82) is 0 Å². The molecule has 2 amide bonds. The highest BCUT2D eigenvalue weighted by Gasteiger charge is 2.38. The highest BCUT2D eigenvalue weighted by Crippen LogP contribution is 2.31. The van der Waals surface area contributed by atoms with E-state index in [1.54, 1.807) is 0 Å². The van der Waals surface area contributed by atoms with Crippen molar-refractivity contribution < 1.29 is 22.8 Å². The van der Waals surface area contributed by atoms with Crippen LogP contribution in [0.4, 0.5) is 18.9 Å². The molecule has 0 unspecified atom stereocenters. The number of likely N-dealkylation sites (tertiary alicyclic amines) is 1. The van der Waals surface area contributed by atoms with E-state index in [0.29, 0.717) is 6.54 Å². The van der Waals surface area contributed by atoms with Gasteiger partial charge in [0.2, 0.25) is 11.8 Å². The molecule has 1 aliphatic carbocycles. The maximum atomic E-state index is 12.7. The molecule has 2 N–H and O–H groups in total. The Balaban J connectivity index is 1.55. The first-order valence-corrected chi connectivity index (χ1v) is 9.37. The Kier molecular flexibility index (Phi) is 5.92. The molecule has 1 saturated heterocycles. The van der Waals surface area contributed by atoms with Gasteiger partial charge in [0, 0.05) is 19.0 Å². The fraction of sp³-hybridized carbons (Fsp3) is 0.579. The summed E-state index contributed by atoms with van der Waals surface area (Å²) in [5.41, 5.74) is 4.31.